The van der Waals surface area contributed by atoms with Crippen molar-refractivity contribution >= 4 is 30.8 Å². The molecule has 4 nitrogen and oxygen atoms in total. The first-order chi connectivity index (χ1) is 7.37. The van der Waals surface area contributed by atoms with Crippen molar-refractivity contribution in [1.82, 2.24) is 9.55 Å². The molecule has 2 aromatic heterocycles. The van der Waals surface area contributed by atoms with Gasteiger partial charge in [-0.1, -0.05) is 0 Å². The van der Waals surface area contributed by atoms with Crippen LogP contribution in [-0.2, 0) is 21.9 Å². The van der Waals surface area contributed by atoms with Gasteiger partial charge in [-0.05, 0) is 12.1 Å². The standard InChI is InChI=1S/C9H8ClFN2O2S/c1-13-8(5-16(10,14)15)3-6-2-7(11)4-12-9(6)13/h2-4H,5H2,1H3. The highest BCUT2D eigenvalue weighted by atomic mass is 35.7. The van der Waals surface area contributed by atoms with E-state index in [0.717, 1.165) is 6.20 Å². The second-order valence-corrected chi connectivity index (χ2v) is 6.22. The molecule has 0 saturated heterocycles. The lowest BCUT2D eigenvalue weighted by atomic mass is 10.3. The van der Waals surface area contributed by atoms with Crippen molar-refractivity contribution in [2.75, 3.05) is 0 Å². The molecule has 16 heavy (non-hydrogen) atoms. The van der Waals surface area contributed by atoms with E-state index >= 15 is 0 Å². The zero-order valence-corrected chi connectivity index (χ0v) is 9.89. The van der Waals surface area contributed by atoms with Crippen LogP contribution in [0.25, 0.3) is 11.0 Å². The van der Waals surface area contributed by atoms with Gasteiger partial charge in [-0.2, -0.15) is 0 Å². The lowest BCUT2D eigenvalue weighted by Gasteiger charge is -2.00. The topological polar surface area (TPSA) is 52.0 Å². The molecule has 0 fully saturated rings. The maximum absolute atomic E-state index is 12.9. The SMILES string of the molecule is Cn1c(CS(=O)(=O)Cl)cc2cc(F)cnc21. The van der Waals surface area contributed by atoms with Crippen molar-refractivity contribution in [2.45, 2.75) is 5.75 Å². The molecule has 0 atom stereocenters. The highest BCUT2D eigenvalue weighted by molar-refractivity contribution is 8.13. The van der Waals surface area contributed by atoms with Crippen LogP contribution in [-0.4, -0.2) is 18.0 Å². The van der Waals surface area contributed by atoms with E-state index in [1.807, 2.05) is 0 Å². The van der Waals surface area contributed by atoms with Crippen LogP contribution in [0.4, 0.5) is 4.39 Å². The largest absolute Gasteiger partial charge is 0.332 e. The van der Waals surface area contributed by atoms with E-state index in [2.05, 4.69) is 4.98 Å². The Balaban J connectivity index is 2.60. The van der Waals surface area contributed by atoms with E-state index in [1.54, 1.807) is 17.7 Å². The number of hydrogen-bond donors (Lipinski definition) is 0. The van der Waals surface area contributed by atoms with Crippen molar-refractivity contribution in [3.05, 3.63) is 29.8 Å². The van der Waals surface area contributed by atoms with Crippen molar-refractivity contribution in [3.63, 3.8) is 0 Å². The van der Waals surface area contributed by atoms with Crippen molar-refractivity contribution in [1.29, 1.82) is 0 Å². The van der Waals surface area contributed by atoms with Gasteiger partial charge >= 0.3 is 0 Å². The first kappa shape index (κ1) is 11.3. The third-order valence-electron chi connectivity index (χ3n) is 2.25. The average molecular weight is 263 g/mol. The minimum Gasteiger partial charge on any atom is -0.332 e. The molecular weight excluding hydrogens is 255 g/mol. The molecule has 0 spiro atoms. The van der Waals surface area contributed by atoms with Gasteiger partial charge in [0.1, 0.15) is 17.2 Å². The summed E-state index contributed by atoms with van der Waals surface area (Å²) in [7, 11) is 3.19. The molecule has 0 aromatic carbocycles. The molecule has 0 saturated carbocycles. The number of fused-ring (bicyclic) bond motifs is 1. The van der Waals surface area contributed by atoms with Crippen LogP contribution >= 0.6 is 10.7 Å². The lowest BCUT2D eigenvalue weighted by molar-refractivity contribution is 0.607. The van der Waals surface area contributed by atoms with Crippen LogP contribution in [0.5, 0.6) is 0 Å². The molecule has 7 heteroatoms. The summed E-state index contributed by atoms with van der Waals surface area (Å²) in [5.74, 6) is -0.762. The normalized spacial score (nSPS) is 12.2. The van der Waals surface area contributed by atoms with Crippen molar-refractivity contribution in [3.8, 4) is 0 Å². The molecule has 0 aliphatic rings. The molecule has 2 rings (SSSR count). The molecule has 2 heterocycles. The van der Waals surface area contributed by atoms with Crippen molar-refractivity contribution in [2.24, 2.45) is 7.05 Å². The van der Waals surface area contributed by atoms with E-state index in [1.165, 1.54) is 6.07 Å². The summed E-state index contributed by atoms with van der Waals surface area (Å²) in [5, 5.41) is 0.554. The predicted octanol–water partition coefficient (Wildman–Crippen LogP) is 1.78. The Labute approximate surface area is 96.1 Å². The number of halogens is 2. The number of rotatable bonds is 2. The molecule has 0 bridgehead atoms. The van der Waals surface area contributed by atoms with Crippen LogP contribution in [0, 0.1) is 5.82 Å². The van der Waals surface area contributed by atoms with E-state index in [-0.39, 0.29) is 5.75 Å². The average Bonchev–Trinajstić information content (AvgIpc) is 2.40. The molecule has 86 valence electrons. The van der Waals surface area contributed by atoms with Crippen LogP contribution in [0.3, 0.4) is 0 Å². The van der Waals surface area contributed by atoms with Gasteiger partial charge < -0.3 is 4.57 Å². The van der Waals surface area contributed by atoms with Gasteiger partial charge in [0, 0.05) is 28.8 Å². The Hall–Kier alpha value is -1.14. The molecule has 0 aliphatic carbocycles. The van der Waals surface area contributed by atoms with E-state index in [0.29, 0.717) is 16.7 Å². The lowest BCUT2D eigenvalue weighted by Crippen LogP contribution is -2.02. The summed E-state index contributed by atoms with van der Waals surface area (Å²) in [6, 6.07) is 2.86. The van der Waals surface area contributed by atoms with Gasteiger partial charge in [-0.15, -0.1) is 0 Å². The monoisotopic (exact) mass is 262 g/mol. The third kappa shape index (κ3) is 2.17. The smallest absolute Gasteiger partial charge is 0.238 e. The fourth-order valence-electron chi connectivity index (χ4n) is 1.56. The van der Waals surface area contributed by atoms with Crippen LogP contribution in [0.15, 0.2) is 18.3 Å². The van der Waals surface area contributed by atoms with Crippen LogP contribution in [0.2, 0.25) is 0 Å². The minimum absolute atomic E-state index is 0.303. The summed E-state index contributed by atoms with van der Waals surface area (Å²) in [6.07, 6.45) is 1.08. The second kappa shape index (κ2) is 3.71. The summed E-state index contributed by atoms with van der Waals surface area (Å²) < 4.78 is 36.4. The minimum atomic E-state index is -3.63. The Morgan fingerprint density at radius 1 is 1.50 bits per heavy atom. The van der Waals surface area contributed by atoms with Crippen molar-refractivity contribution < 1.29 is 12.8 Å². The Morgan fingerprint density at radius 3 is 2.81 bits per heavy atom. The zero-order chi connectivity index (χ0) is 11.9. The zero-order valence-electron chi connectivity index (χ0n) is 8.31. The van der Waals surface area contributed by atoms with Gasteiger partial charge in [0.25, 0.3) is 0 Å². The van der Waals surface area contributed by atoms with Gasteiger partial charge in [0.05, 0.1) is 6.20 Å². The van der Waals surface area contributed by atoms with Gasteiger partial charge in [0.15, 0.2) is 0 Å². The Bertz CT molecular complexity index is 651. The molecule has 2 aromatic rings. The third-order valence-corrected chi connectivity index (χ3v) is 3.22. The van der Waals surface area contributed by atoms with Gasteiger partial charge in [0.2, 0.25) is 9.05 Å². The molecular formula is C9H8ClFN2O2S. The highest BCUT2D eigenvalue weighted by Gasteiger charge is 2.13. The first-order valence-electron chi connectivity index (χ1n) is 4.39. The Morgan fingerprint density at radius 2 is 2.19 bits per heavy atom. The highest BCUT2D eigenvalue weighted by Crippen LogP contribution is 2.20. The van der Waals surface area contributed by atoms with E-state index < -0.39 is 14.9 Å². The number of nitrogens with zero attached hydrogens (tertiary/aromatic N) is 2. The fraction of sp³-hybridized carbons (Fsp3) is 0.222. The summed E-state index contributed by atoms with van der Waals surface area (Å²) in [5.41, 5.74) is 1.000. The quantitative estimate of drug-likeness (QED) is 0.775. The predicted molar refractivity (Wildman–Crippen MR) is 59.1 cm³/mol. The van der Waals surface area contributed by atoms with Crippen LogP contribution < -0.4 is 0 Å². The summed E-state index contributed by atoms with van der Waals surface area (Å²) in [6.45, 7) is 0. The number of aryl methyl sites for hydroxylation is 1. The maximum atomic E-state index is 12.9. The van der Waals surface area contributed by atoms with Gasteiger partial charge in [-0.25, -0.2) is 17.8 Å². The van der Waals surface area contributed by atoms with Crippen LogP contribution in [0.1, 0.15) is 5.69 Å². The van der Waals surface area contributed by atoms with Gasteiger partial charge in [-0.3, -0.25) is 0 Å². The summed E-state index contributed by atoms with van der Waals surface area (Å²) in [4.78, 5) is 3.88. The number of pyridine rings is 1. The fourth-order valence-corrected chi connectivity index (χ4v) is 2.53. The number of aromatic nitrogens is 2. The molecule has 0 amide bonds. The molecule has 0 N–H and O–H groups in total. The number of hydrogen-bond acceptors (Lipinski definition) is 3. The van der Waals surface area contributed by atoms with E-state index in [9.17, 15) is 12.8 Å². The van der Waals surface area contributed by atoms with E-state index in [4.69, 9.17) is 10.7 Å². The maximum Gasteiger partial charge on any atom is 0.238 e. The second-order valence-electron chi connectivity index (χ2n) is 3.44. The molecule has 0 aliphatic heterocycles. The summed E-state index contributed by atoms with van der Waals surface area (Å²) >= 11 is 0. The Kier molecular flexibility index (Phi) is 2.63. The molecule has 0 unspecified atom stereocenters. The first-order valence-corrected chi connectivity index (χ1v) is 6.87. The molecule has 0 radical (unpaired) electrons.